The van der Waals surface area contributed by atoms with Crippen molar-refractivity contribution >= 4 is 22.9 Å². The summed E-state index contributed by atoms with van der Waals surface area (Å²) in [6, 6.07) is 14.9. The van der Waals surface area contributed by atoms with Crippen LogP contribution in [0, 0.1) is 5.92 Å². The highest BCUT2D eigenvalue weighted by atomic mass is 35.5. The van der Waals surface area contributed by atoms with Crippen molar-refractivity contribution in [1.29, 1.82) is 0 Å². The molecule has 0 bridgehead atoms. The van der Waals surface area contributed by atoms with Crippen LogP contribution in [0.1, 0.15) is 23.6 Å². The van der Waals surface area contributed by atoms with E-state index in [0.717, 1.165) is 18.1 Å². The maximum atomic E-state index is 6.34. The first kappa shape index (κ1) is 17.1. The summed E-state index contributed by atoms with van der Waals surface area (Å²) in [5, 5.41) is 0.785. The Hall–Kier alpha value is -1.77. The van der Waals surface area contributed by atoms with E-state index in [0.29, 0.717) is 5.92 Å². The first-order valence-electron chi connectivity index (χ1n) is 8.41. The second-order valence-corrected chi connectivity index (χ2v) is 7.43. The topological polar surface area (TPSA) is 6.48 Å². The quantitative estimate of drug-likeness (QED) is 0.782. The van der Waals surface area contributed by atoms with Gasteiger partial charge in [0.15, 0.2) is 0 Å². The lowest BCUT2D eigenvalue weighted by molar-refractivity contribution is 0.371. The minimum absolute atomic E-state index is 0.457. The summed E-state index contributed by atoms with van der Waals surface area (Å²) >= 11 is 6.34. The van der Waals surface area contributed by atoms with Crippen LogP contribution >= 0.6 is 11.6 Å². The van der Waals surface area contributed by atoms with Crippen LogP contribution in [-0.4, -0.2) is 32.6 Å². The molecule has 2 aromatic carbocycles. The number of halogens is 1. The third kappa shape index (κ3) is 3.50. The first-order valence-corrected chi connectivity index (χ1v) is 8.79. The Labute approximate surface area is 150 Å². The molecule has 0 fully saturated rings. The number of benzene rings is 2. The van der Waals surface area contributed by atoms with Gasteiger partial charge in [-0.05, 0) is 54.9 Å². The van der Waals surface area contributed by atoms with E-state index in [1.807, 2.05) is 6.07 Å². The molecular weight excluding hydrogens is 316 g/mol. The van der Waals surface area contributed by atoms with E-state index < -0.39 is 0 Å². The molecule has 24 heavy (non-hydrogen) atoms. The summed E-state index contributed by atoms with van der Waals surface area (Å²) in [4.78, 5) is 4.54. The lowest BCUT2D eigenvalue weighted by atomic mass is 9.91. The van der Waals surface area contributed by atoms with Crippen molar-refractivity contribution in [2.75, 3.05) is 32.6 Å². The highest BCUT2D eigenvalue weighted by Crippen LogP contribution is 2.39. The van der Waals surface area contributed by atoms with Crippen molar-refractivity contribution in [3.8, 4) is 0 Å². The first-order chi connectivity index (χ1) is 11.5. The summed E-state index contributed by atoms with van der Waals surface area (Å²) in [6.07, 6.45) is 2.40. The van der Waals surface area contributed by atoms with Crippen molar-refractivity contribution in [2.24, 2.45) is 5.92 Å². The lowest BCUT2D eigenvalue weighted by Gasteiger charge is -2.20. The molecular formula is C21H25ClN2. The Kier molecular flexibility index (Phi) is 4.98. The summed E-state index contributed by atoms with van der Waals surface area (Å²) in [5.41, 5.74) is 6.42. The number of hydrogen-bond acceptors (Lipinski definition) is 2. The number of rotatable bonds is 3. The summed E-state index contributed by atoms with van der Waals surface area (Å²) in [7, 11) is 6.39. The van der Waals surface area contributed by atoms with Crippen molar-refractivity contribution in [2.45, 2.75) is 13.5 Å². The molecule has 2 aromatic rings. The van der Waals surface area contributed by atoms with Gasteiger partial charge in [0.05, 0.1) is 0 Å². The molecule has 1 aliphatic rings. The van der Waals surface area contributed by atoms with E-state index in [4.69, 9.17) is 11.6 Å². The molecule has 0 amide bonds. The van der Waals surface area contributed by atoms with Crippen molar-refractivity contribution in [1.82, 2.24) is 4.90 Å². The molecule has 0 aromatic heterocycles. The molecule has 0 radical (unpaired) electrons. The molecule has 126 valence electrons. The van der Waals surface area contributed by atoms with Gasteiger partial charge in [0.2, 0.25) is 0 Å². The average molecular weight is 341 g/mol. The van der Waals surface area contributed by atoms with Gasteiger partial charge >= 0.3 is 0 Å². The normalized spacial score (nSPS) is 16.8. The second kappa shape index (κ2) is 7.00. The van der Waals surface area contributed by atoms with Gasteiger partial charge in [-0.2, -0.15) is 0 Å². The fourth-order valence-electron chi connectivity index (χ4n) is 3.56. The van der Waals surface area contributed by atoms with Gasteiger partial charge in [-0.25, -0.2) is 0 Å². The fraction of sp³-hybridized carbons (Fsp3) is 0.333. The van der Waals surface area contributed by atoms with E-state index in [-0.39, 0.29) is 0 Å². The summed E-state index contributed by atoms with van der Waals surface area (Å²) in [6.45, 7) is 4.20. The number of anilines is 1. The molecule has 2 nitrogen and oxygen atoms in total. The average Bonchev–Trinajstić information content (AvgIpc) is 2.62. The molecule has 0 saturated carbocycles. The molecule has 3 rings (SSSR count). The van der Waals surface area contributed by atoms with Crippen LogP contribution < -0.4 is 4.90 Å². The van der Waals surface area contributed by atoms with Crippen LogP contribution in [0.25, 0.3) is 5.57 Å². The van der Waals surface area contributed by atoms with Crippen LogP contribution in [-0.2, 0) is 6.54 Å². The van der Waals surface area contributed by atoms with Gasteiger partial charge in [-0.3, -0.25) is 0 Å². The number of hydrogen-bond donors (Lipinski definition) is 0. The zero-order valence-corrected chi connectivity index (χ0v) is 15.6. The highest BCUT2D eigenvalue weighted by molar-refractivity contribution is 6.31. The van der Waals surface area contributed by atoms with E-state index in [9.17, 15) is 0 Å². The minimum Gasteiger partial charge on any atom is -0.370 e. The van der Waals surface area contributed by atoms with Gasteiger partial charge in [-0.15, -0.1) is 0 Å². The maximum Gasteiger partial charge on any atom is 0.0447 e. The maximum absolute atomic E-state index is 6.34. The molecule has 0 spiro atoms. The SMILES string of the molecule is CC(/C=C1\c2ccccc2CN(C)c2ccc(Cl)cc21)CN(C)C. The van der Waals surface area contributed by atoms with Crippen molar-refractivity contribution in [3.63, 3.8) is 0 Å². The van der Waals surface area contributed by atoms with Crippen molar-refractivity contribution < 1.29 is 0 Å². The molecule has 1 aliphatic heterocycles. The Morgan fingerprint density at radius 1 is 1.17 bits per heavy atom. The fourth-order valence-corrected chi connectivity index (χ4v) is 3.73. The van der Waals surface area contributed by atoms with Gasteiger partial charge in [-0.1, -0.05) is 48.9 Å². The van der Waals surface area contributed by atoms with Crippen molar-refractivity contribution in [3.05, 3.63) is 70.3 Å². The number of fused-ring (bicyclic) bond motifs is 2. The number of nitrogens with zero attached hydrogens (tertiary/aromatic N) is 2. The summed E-state index contributed by atoms with van der Waals surface area (Å²) < 4.78 is 0. The molecule has 0 saturated heterocycles. The monoisotopic (exact) mass is 340 g/mol. The van der Waals surface area contributed by atoms with Gasteiger partial charge < -0.3 is 9.80 Å². The van der Waals surface area contributed by atoms with Crippen LogP contribution in [0.3, 0.4) is 0 Å². The Bertz CT molecular complexity index is 764. The Morgan fingerprint density at radius 2 is 1.92 bits per heavy atom. The Morgan fingerprint density at radius 3 is 2.67 bits per heavy atom. The Balaban J connectivity index is 2.20. The summed E-state index contributed by atoms with van der Waals surface area (Å²) in [5.74, 6) is 0.457. The van der Waals surface area contributed by atoms with Gasteiger partial charge in [0.1, 0.15) is 0 Å². The zero-order valence-electron chi connectivity index (χ0n) is 14.9. The van der Waals surface area contributed by atoms with Gasteiger partial charge in [0.25, 0.3) is 0 Å². The molecule has 0 N–H and O–H groups in total. The van der Waals surface area contributed by atoms with Crippen LogP contribution in [0.5, 0.6) is 0 Å². The minimum atomic E-state index is 0.457. The third-order valence-electron chi connectivity index (χ3n) is 4.48. The van der Waals surface area contributed by atoms with E-state index in [1.165, 1.54) is 28.0 Å². The molecule has 0 aliphatic carbocycles. The van der Waals surface area contributed by atoms with E-state index >= 15 is 0 Å². The van der Waals surface area contributed by atoms with Gasteiger partial charge in [0, 0.05) is 36.4 Å². The zero-order chi connectivity index (χ0) is 17.3. The van der Waals surface area contributed by atoms with Crippen LogP contribution in [0.15, 0.2) is 48.5 Å². The second-order valence-electron chi connectivity index (χ2n) is 6.99. The molecule has 1 heterocycles. The third-order valence-corrected chi connectivity index (χ3v) is 4.71. The predicted octanol–water partition coefficient (Wildman–Crippen LogP) is 4.92. The van der Waals surface area contributed by atoms with Crippen LogP contribution in [0.2, 0.25) is 5.02 Å². The smallest absolute Gasteiger partial charge is 0.0447 e. The predicted molar refractivity (Wildman–Crippen MR) is 105 cm³/mol. The standard InChI is InChI=1S/C21H25ClN2/c1-15(13-23(2)3)11-19-18-8-6-5-7-16(18)14-24(4)21-10-9-17(22)12-20(19)21/h5-12,15H,13-14H2,1-4H3/b19-11+. The largest absolute Gasteiger partial charge is 0.370 e. The lowest BCUT2D eigenvalue weighted by Crippen LogP contribution is -2.18. The van der Waals surface area contributed by atoms with E-state index in [2.05, 4.69) is 80.3 Å². The molecule has 1 atom stereocenters. The molecule has 3 heteroatoms. The highest BCUT2D eigenvalue weighted by Gasteiger charge is 2.21. The van der Waals surface area contributed by atoms with Crippen LogP contribution in [0.4, 0.5) is 5.69 Å². The molecule has 1 unspecified atom stereocenters. The van der Waals surface area contributed by atoms with E-state index in [1.54, 1.807) is 0 Å².